The molecule has 0 spiro atoms. The van der Waals surface area contributed by atoms with Crippen LogP contribution < -0.4 is 0 Å². The first-order chi connectivity index (χ1) is 10.2. The van der Waals surface area contributed by atoms with E-state index in [9.17, 15) is 39.5 Å². The number of hydrogen-bond acceptors (Lipinski definition) is 1. The fourth-order valence-corrected chi connectivity index (χ4v) is 2.08. The molecule has 0 aliphatic carbocycles. The second-order valence-electron chi connectivity index (χ2n) is 4.51. The van der Waals surface area contributed by atoms with Gasteiger partial charge in [-0.05, 0) is 23.8 Å². The zero-order valence-electron chi connectivity index (χ0n) is 11.1. The smallest absolute Gasteiger partial charge is 0.380 e. The van der Waals surface area contributed by atoms with Crippen molar-refractivity contribution in [3.63, 3.8) is 0 Å². The maximum Gasteiger partial charge on any atom is 0.457 e. The van der Waals surface area contributed by atoms with Gasteiger partial charge in [0, 0.05) is 17.7 Å². The van der Waals surface area contributed by atoms with Crippen LogP contribution in [0.4, 0.5) is 39.5 Å². The summed E-state index contributed by atoms with van der Waals surface area (Å²) >= 11 is 5.39. The first kappa shape index (κ1) is 19.9. The highest BCUT2D eigenvalue weighted by molar-refractivity contribution is 6.30. The van der Waals surface area contributed by atoms with E-state index in [4.69, 9.17) is 11.6 Å². The van der Waals surface area contributed by atoms with Crippen molar-refractivity contribution < 1.29 is 44.3 Å². The molecule has 0 bridgehead atoms. The molecular weight excluding hydrogens is 367 g/mol. The van der Waals surface area contributed by atoms with E-state index >= 15 is 0 Å². The van der Waals surface area contributed by atoms with Gasteiger partial charge in [0.15, 0.2) is 0 Å². The summed E-state index contributed by atoms with van der Waals surface area (Å²) in [6.07, 6.45) is -13.3. The number of rotatable bonds is 4. The molecule has 1 rings (SSSR count). The van der Waals surface area contributed by atoms with Gasteiger partial charge in [0.2, 0.25) is 0 Å². The zero-order chi connectivity index (χ0) is 18.3. The summed E-state index contributed by atoms with van der Waals surface area (Å²) in [5.74, 6) is -6.73. The monoisotopic (exact) mass is 374 g/mol. The maximum atomic E-state index is 14.2. The van der Waals surface area contributed by atoms with Crippen molar-refractivity contribution in [3.8, 4) is 0 Å². The molecule has 0 saturated heterocycles. The lowest BCUT2D eigenvalue weighted by molar-refractivity contribution is -0.389. The average Bonchev–Trinajstić information content (AvgIpc) is 2.34. The topological polar surface area (TPSA) is 9.23 Å². The van der Waals surface area contributed by atoms with E-state index < -0.39 is 41.1 Å². The van der Waals surface area contributed by atoms with Crippen LogP contribution >= 0.6 is 11.6 Å². The Morgan fingerprint density at radius 3 is 1.78 bits per heavy atom. The first-order valence-electron chi connectivity index (χ1n) is 5.67. The highest BCUT2D eigenvalue weighted by Crippen LogP contribution is 2.58. The summed E-state index contributed by atoms with van der Waals surface area (Å²) in [4.78, 5) is 0. The van der Waals surface area contributed by atoms with Gasteiger partial charge in [0.05, 0.1) is 6.61 Å². The summed E-state index contributed by atoms with van der Waals surface area (Å²) in [5, 5.41) is -0.654. The SMILES string of the molecule is COCc1cc(Cl)cc(C(F)(C(F)(F)F)C(F)(F)C(F)(F)F)c1. The molecule has 0 saturated carbocycles. The Hall–Kier alpha value is -1.16. The van der Waals surface area contributed by atoms with Crippen LogP contribution in [0.2, 0.25) is 5.02 Å². The van der Waals surface area contributed by atoms with Gasteiger partial charge in [-0.15, -0.1) is 0 Å². The Morgan fingerprint density at radius 2 is 1.39 bits per heavy atom. The van der Waals surface area contributed by atoms with Crippen molar-refractivity contribution in [1.29, 1.82) is 0 Å². The van der Waals surface area contributed by atoms with Crippen LogP contribution in [-0.4, -0.2) is 25.4 Å². The van der Waals surface area contributed by atoms with Gasteiger partial charge < -0.3 is 4.74 Å². The molecule has 0 fully saturated rings. The summed E-state index contributed by atoms with van der Waals surface area (Å²) in [5.41, 5.74) is -8.28. The fraction of sp³-hybridized carbons (Fsp3) is 0.500. The van der Waals surface area contributed by atoms with Gasteiger partial charge in [0.1, 0.15) is 0 Å². The third-order valence-electron chi connectivity index (χ3n) is 2.85. The van der Waals surface area contributed by atoms with Gasteiger partial charge in [0.25, 0.3) is 0 Å². The number of halogens is 10. The second kappa shape index (κ2) is 6.04. The summed E-state index contributed by atoms with van der Waals surface area (Å²) < 4.78 is 121. The standard InChI is InChI=1S/C12H8ClF9O/c1-23-5-6-2-7(4-8(13)3-6)9(14,11(17,18)19)10(15,16)12(20,21)22/h2-4H,5H2,1H3. The minimum absolute atomic E-state index is 0.0633. The molecule has 0 heterocycles. The van der Waals surface area contributed by atoms with E-state index in [-0.39, 0.29) is 17.7 Å². The van der Waals surface area contributed by atoms with Crippen molar-refractivity contribution in [1.82, 2.24) is 0 Å². The normalized spacial score (nSPS) is 16.3. The molecule has 23 heavy (non-hydrogen) atoms. The molecule has 0 N–H and O–H groups in total. The van der Waals surface area contributed by atoms with Crippen LogP contribution in [0.5, 0.6) is 0 Å². The number of methoxy groups -OCH3 is 1. The molecule has 1 nitrogen and oxygen atoms in total. The summed E-state index contributed by atoms with van der Waals surface area (Å²) in [6, 6.07) is 1.20. The predicted octanol–water partition coefficient (Wildman–Crippen LogP) is 5.41. The number of hydrogen-bond donors (Lipinski definition) is 0. The molecular formula is C12H8ClF9O. The van der Waals surface area contributed by atoms with Gasteiger partial charge in [-0.2, -0.15) is 35.1 Å². The Labute approximate surface area is 129 Å². The van der Waals surface area contributed by atoms with E-state index in [0.29, 0.717) is 0 Å². The Balaban J connectivity index is 3.69. The Kier molecular flexibility index (Phi) is 5.23. The molecule has 0 radical (unpaired) electrons. The van der Waals surface area contributed by atoms with Crippen LogP contribution in [-0.2, 0) is 17.0 Å². The highest BCUT2D eigenvalue weighted by atomic mass is 35.5. The molecule has 1 aromatic carbocycles. The van der Waals surface area contributed by atoms with Crippen LogP contribution in [0.15, 0.2) is 18.2 Å². The minimum atomic E-state index is -6.78. The quantitative estimate of drug-likeness (QED) is 0.640. The highest BCUT2D eigenvalue weighted by Gasteiger charge is 2.81. The molecule has 0 aliphatic heterocycles. The maximum absolute atomic E-state index is 14.2. The van der Waals surface area contributed by atoms with Gasteiger partial charge in [-0.1, -0.05) is 11.6 Å². The Bertz CT molecular complexity index is 567. The van der Waals surface area contributed by atoms with Crippen molar-refractivity contribution >= 4 is 11.6 Å². The van der Waals surface area contributed by atoms with Gasteiger partial charge >= 0.3 is 23.9 Å². The third kappa shape index (κ3) is 3.37. The van der Waals surface area contributed by atoms with Crippen LogP contribution in [0, 0.1) is 0 Å². The van der Waals surface area contributed by atoms with E-state index in [1.807, 2.05) is 0 Å². The average molecular weight is 375 g/mol. The lowest BCUT2D eigenvalue weighted by Crippen LogP contribution is -2.59. The molecule has 11 heteroatoms. The van der Waals surface area contributed by atoms with E-state index in [1.165, 1.54) is 0 Å². The predicted molar refractivity (Wildman–Crippen MR) is 62.0 cm³/mol. The fourth-order valence-electron chi connectivity index (χ4n) is 1.82. The molecule has 1 aromatic rings. The lowest BCUT2D eigenvalue weighted by Gasteiger charge is -2.36. The summed E-state index contributed by atoms with van der Waals surface area (Å²) in [7, 11) is 1.08. The summed E-state index contributed by atoms with van der Waals surface area (Å²) in [6.45, 7) is -0.473. The second-order valence-corrected chi connectivity index (χ2v) is 4.95. The third-order valence-corrected chi connectivity index (χ3v) is 3.06. The van der Waals surface area contributed by atoms with Gasteiger partial charge in [-0.25, -0.2) is 4.39 Å². The first-order valence-corrected chi connectivity index (χ1v) is 6.05. The van der Waals surface area contributed by atoms with Crippen molar-refractivity contribution in [2.75, 3.05) is 7.11 Å². The van der Waals surface area contributed by atoms with E-state index in [1.54, 1.807) is 0 Å². The lowest BCUT2D eigenvalue weighted by atomic mass is 9.87. The largest absolute Gasteiger partial charge is 0.457 e. The molecule has 1 atom stereocenters. The Morgan fingerprint density at radius 1 is 0.870 bits per heavy atom. The molecule has 1 unspecified atom stereocenters. The molecule has 0 aromatic heterocycles. The van der Waals surface area contributed by atoms with Crippen molar-refractivity contribution in [2.24, 2.45) is 0 Å². The van der Waals surface area contributed by atoms with Crippen molar-refractivity contribution in [3.05, 3.63) is 34.3 Å². The minimum Gasteiger partial charge on any atom is -0.380 e. The molecule has 0 aliphatic rings. The van der Waals surface area contributed by atoms with Gasteiger partial charge in [-0.3, -0.25) is 0 Å². The molecule has 132 valence electrons. The number of alkyl halides is 9. The molecule has 0 amide bonds. The van der Waals surface area contributed by atoms with Crippen molar-refractivity contribution in [2.45, 2.75) is 30.6 Å². The van der Waals surface area contributed by atoms with E-state index in [0.717, 1.165) is 13.2 Å². The van der Waals surface area contributed by atoms with Crippen LogP contribution in [0.3, 0.4) is 0 Å². The number of ether oxygens (including phenoxy) is 1. The van der Waals surface area contributed by atoms with Crippen LogP contribution in [0.25, 0.3) is 0 Å². The number of benzene rings is 1. The van der Waals surface area contributed by atoms with Crippen LogP contribution in [0.1, 0.15) is 11.1 Å². The van der Waals surface area contributed by atoms with E-state index in [2.05, 4.69) is 4.74 Å². The zero-order valence-corrected chi connectivity index (χ0v) is 11.9.